The highest BCUT2D eigenvalue weighted by Crippen LogP contribution is 2.36. The number of carboxylic acid groups (broad SMARTS) is 1. The van der Waals surface area contributed by atoms with Crippen LogP contribution < -0.4 is 19.5 Å². The van der Waals surface area contributed by atoms with Crippen molar-refractivity contribution in [2.75, 3.05) is 25.6 Å². The molecule has 2 rings (SSSR count). The fraction of sp³-hybridized carbons (Fsp3) is 0.273. The molecule has 0 saturated heterocycles. The predicted molar refractivity (Wildman–Crippen MR) is 69.9 cm³/mol. The number of ether oxygens (including phenoxy) is 2. The average molecular weight is 316 g/mol. The first-order valence-electron chi connectivity index (χ1n) is 5.69. The van der Waals surface area contributed by atoms with Gasteiger partial charge in [-0.15, -0.1) is 0 Å². The van der Waals surface area contributed by atoms with E-state index in [0.717, 1.165) is 6.07 Å². The van der Waals surface area contributed by atoms with E-state index in [4.69, 9.17) is 14.6 Å². The third-order valence-corrected chi connectivity index (χ3v) is 4.02. The second-order valence-corrected chi connectivity index (χ2v) is 5.79. The molecule has 0 saturated carbocycles. The second kappa shape index (κ2) is 5.58. The summed E-state index contributed by atoms with van der Waals surface area (Å²) in [6, 6.07) is 2.46. The highest BCUT2D eigenvalue weighted by Gasteiger charge is 2.26. The Labute approximate surface area is 119 Å². The van der Waals surface area contributed by atoms with Crippen LogP contribution in [0.15, 0.2) is 17.0 Å². The number of sulfonamides is 1. The zero-order valence-electron chi connectivity index (χ0n) is 10.9. The lowest BCUT2D eigenvalue weighted by atomic mass is 10.2. The van der Waals surface area contributed by atoms with E-state index in [1.54, 1.807) is 0 Å². The van der Waals surface area contributed by atoms with Gasteiger partial charge < -0.3 is 19.9 Å². The Morgan fingerprint density at radius 2 is 2.24 bits per heavy atom. The van der Waals surface area contributed by atoms with Crippen LogP contribution in [0.5, 0.6) is 11.5 Å². The van der Waals surface area contributed by atoms with Crippen LogP contribution in [0.3, 0.4) is 0 Å². The molecule has 21 heavy (non-hydrogen) atoms. The van der Waals surface area contributed by atoms with Crippen molar-refractivity contribution in [3.05, 3.63) is 12.1 Å². The number of carbonyl (C=O) groups is 2. The third-order valence-electron chi connectivity index (χ3n) is 2.60. The molecule has 1 heterocycles. The molecule has 114 valence electrons. The molecular formula is C11H12N2O7S. The molecule has 0 aliphatic carbocycles. The Balaban J connectivity index is 2.44. The lowest BCUT2D eigenvalue weighted by Gasteiger charge is -2.20. The van der Waals surface area contributed by atoms with Gasteiger partial charge in [-0.3, -0.25) is 9.59 Å². The normalized spacial score (nSPS) is 13.9. The number of amides is 1. The van der Waals surface area contributed by atoms with Gasteiger partial charge in [-0.2, -0.15) is 4.72 Å². The summed E-state index contributed by atoms with van der Waals surface area (Å²) in [5.41, 5.74) is 0.278. The molecule has 1 amide bonds. The molecule has 0 aromatic heterocycles. The van der Waals surface area contributed by atoms with E-state index in [9.17, 15) is 18.0 Å². The fourth-order valence-electron chi connectivity index (χ4n) is 1.69. The highest BCUT2D eigenvalue weighted by molar-refractivity contribution is 7.89. The minimum Gasteiger partial charge on any atom is -0.495 e. The first-order chi connectivity index (χ1) is 9.83. The van der Waals surface area contributed by atoms with Crippen molar-refractivity contribution in [3.8, 4) is 11.5 Å². The maximum Gasteiger partial charge on any atom is 0.318 e. The molecule has 0 spiro atoms. The number of anilines is 1. The van der Waals surface area contributed by atoms with Gasteiger partial charge in [-0.1, -0.05) is 0 Å². The standard InChI is InChI=1S/C11H12N2O7S/c1-19-8-2-6-7(20-5-10(14)13-6)3-9(8)21(17,18)12-4-11(15)16/h2-3,12H,4-5H2,1H3,(H,13,14)(H,15,16). The van der Waals surface area contributed by atoms with Crippen molar-refractivity contribution in [2.45, 2.75) is 4.90 Å². The minimum absolute atomic E-state index is 0.0440. The van der Waals surface area contributed by atoms with Crippen molar-refractivity contribution in [1.82, 2.24) is 4.72 Å². The summed E-state index contributed by atoms with van der Waals surface area (Å²) in [7, 11) is -2.84. The van der Waals surface area contributed by atoms with Crippen molar-refractivity contribution in [2.24, 2.45) is 0 Å². The topological polar surface area (TPSA) is 131 Å². The number of benzene rings is 1. The molecule has 1 aromatic rings. The van der Waals surface area contributed by atoms with E-state index in [0.29, 0.717) is 0 Å². The van der Waals surface area contributed by atoms with Gasteiger partial charge in [-0.05, 0) is 0 Å². The summed E-state index contributed by atoms with van der Waals surface area (Å²) in [6.07, 6.45) is 0. The van der Waals surface area contributed by atoms with Crippen LogP contribution >= 0.6 is 0 Å². The zero-order chi connectivity index (χ0) is 15.6. The third kappa shape index (κ3) is 3.23. The number of nitrogens with one attached hydrogen (secondary N) is 2. The molecule has 10 heteroatoms. The average Bonchev–Trinajstić information content (AvgIpc) is 2.43. The van der Waals surface area contributed by atoms with Gasteiger partial charge in [0, 0.05) is 12.1 Å². The van der Waals surface area contributed by atoms with Gasteiger partial charge in [0.25, 0.3) is 5.91 Å². The molecule has 0 bridgehead atoms. The Morgan fingerprint density at radius 3 is 2.86 bits per heavy atom. The summed E-state index contributed by atoms with van der Waals surface area (Å²) >= 11 is 0. The molecule has 3 N–H and O–H groups in total. The largest absolute Gasteiger partial charge is 0.495 e. The minimum atomic E-state index is -4.09. The quantitative estimate of drug-likeness (QED) is 0.660. The van der Waals surface area contributed by atoms with E-state index >= 15 is 0 Å². The van der Waals surface area contributed by atoms with Gasteiger partial charge in [-0.25, -0.2) is 8.42 Å². The van der Waals surface area contributed by atoms with Crippen LogP contribution in [0.2, 0.25) is 0 Å². The van der Waals surface area contributed by atoms with Crippen LogP contribution in [0.4, 0.5) is 5.69 Å². The monoisotopic (exact) mass is 316 g/mol. The van der Waals surface area contributed by atoms with E-state index in [1.165, 1.54) is 13.2 Å². The zero-order valence-corrected chi connectivity index (χ0v) is 11.7. The molecule has 1 aliphatic rings. The Morgan fingerprint density at radius 1 is 1.52 bits per heavy atom. The van der Waals surface area contributed by atoms with Crippen LogP contribution in [0.1, 0.15) is 0 Å². The summed E-state index contributed by atoms with van der Waals surface area (Å²) in [5, 5.41) is 11.1. The van der Waals surface area contributed by atoms with Gasteiger partial charge in [0.1, 0.15) is 22.9 Å². The number of hydrogen-bond donors (Lipinski definition) is 3. The smallest absolute Gasteiger partial charge is 0.318 e. The van der Waals surface area contributed by atoms with Crippen LogP contribution in [0.25, 0.3) is 0 Å². The molecule has 9 nitrogen and oxygen atoms in total. The number of rotatable bonds is 5. The highest BCUT2D eigenvalue weighted by atomic mass is 32.2. The second-order valence-electron chi connectivity index (χ2n) is 4.05. The summed E-state index contributed by atoms with van der Waals surface area (Å²) < 4.78 is 36.1. The van der Waals surface area contributed by atoms with Crippen molar-refractivity contribution < 1.29 is 32.6 Å². The van der Waals surface area contributed by atoms with E-state index in [1.807, 2.05) is 4.72 Å². The van der Waals surface area contributed by atoms with Crippen LogP contribution in [0, 0.1) is 0 Å². The Hall–Kier alpha value is -2.33. The van der Waals surface area contributed by atoms with Gasteiger partial charge in [0.2, 0.25) is 10.0 Å². The first-order valence-corrected chi connectivity index (χ1v) is 7.18. The number of aliphatic carboxylic acids is 1. The maximum atomic E-state index is 12.1. The van der Waals surface area contributed by atoms with Gasteiger partial charge in [0.15, 0.2) is 6.61 Å². The summed E-state index contributed by atoms with van der Waals surface area (Å²) in [5.74, 6) is -1.58. The molecule has 0 fully saturated rings. The van der Waals surface area contributed by atoms with Gasteiger partial charge >= 0.3 is 5.97 Å². The molecule has 0 unspecified atom stereocenters. The number of carboxylic acids is 1. The lowest BCUT2D eigenvalue weighted by molar-refractivity contribution is -0.135. The SMILES string of the molecule is COc1cc2c(cc1S(=O)(=O)NCC(=O)O)OCC(=O)N2. The van der Waals surface area contributed by atoms with Gasteiger partial charge in [0.05, 0.1) is 12.8 Å². The molecule has 1 aromatic carbocycles. The van der Waals surface area contributed by atoms with Crippen molar-refractivity contribution in [1.29, 1.82) is 0 Å². The number of fused-ring (bicyclic) bond motifs is 1. The first kappa shape index (κ1) is 15.1. The number of methoxy groups -OCH3 is 1. The predicted octanol–water partition coefficient (Wildman–Crippen LogP) is -0.611. The van der Waals surface area contributed by atoms with Crippen molar-refractivity contribution >= 4 is 27.6 Å². The molecular weight excluding hydrogens is 304 g/mol. The fourth-order valence-corrected chi connectivity index (χ4v) is 2.83. The molecule has 0 atom stereocenters. The number of hydrogen-bond acceptors (Lipinski definition) is 6. The van der Waals surface area contributed by atoms with E-state index in [-0.39, 0.29) is 34.6 Å². The van der Waals surface area contributed by atoms with Crippen LogP contribution in [-0.2, 0) is 19.6 Å². The summed E-state index contributed by atoms with van der Waals surface area (Å²) in [6.45, 7) is -0.998. The summed E-state index contributed by atoms with van der Waals surface area (Å²) in [4.78, 5) is 21.4. The Bertz CT molecular complexity index is 699. The van der Waals surface area contributed by atoms with Crippen molar-refractivity contribution in [3.63, 3.8) is 0 Å². The maximum absolute atomic E-state index is 12.1. The van der Waals surface area contributed by atoms with E-state index in [2.05, 4.69) is 5.32 Å². The molecule has 1 aliphatic heterocycles. The Kier molecular flexibility index (Phi) is 4.00. The van der Waals surface area contributed by atoms with Crippen LogP contribution in [-0.4, -0.2) is 45.7 Å². The lowest BCUT2D eigenvalue weighted by Crippen LogP contribution is -2.30. The molecule has 0 radical (unpaired) electrons. The van der Waals surface area contributed by atoms with E-state index < -0.39 is 22.5 Å². The number of carbonyl (C=O) groups excluding carboxylic acids is 1.